The van der Waals surface area contributed by atoms with Gasteiger partial charge in [0.25, 0.3) is 0 Å². The molecule has 0 atom stereocenters. The number of hydrogen-bond donors (Lipinski definition) is 1. The van der Waals surface area contributed by atoms with Gasteiger partial charge in [-0.2, -0.15) is 0 Å². The maximum absolute atomic E-state index is 11.9. The quantitative estimate of drug-likeness (QED) is 0.434. The molecular formula is C15H17NO6S. The summed E-state index contributed by atoms with van der Waals surface area (Å²) in [6.45, 7) is 3.17. The van der Waals surface area contributed by atoms with Gasteiger partial charge in [0, 0.05) is 24.0 Å². The molecule has 0 spiro atoms. The average Bonchev–Trinajstić information content (AvgIpc) is 2.98. The van der Waals surface area contributed by atoms with E-state index in [9.17, 15) is 19.2 Å². The molecule has 1 amide bonds. The highest BCUT2D eigenvalue weighted by atomic mass is 32.1. The fourth-order valence-electron chi connectivity index (χ4n) is 1.42. The van der Waals surface area contributed by atoms with Gasteiger partial charge in [-0.15, -0.1) is 11.3 Å². The van der Waals surface area contributed by atoms with Crippen LogP contribution in [0.4, 0.5) is 0 Å². The van der Waals surface area contributed by atoms with E-state index in [4.69, 9.17) is 4.74 Å². The van der Waals surface area contributed by atoms with E-state index in [0.29, 0.717) is 11.4 Å². The first kappa shape index (κ1) is 18.6. The lowest BCUT2D eigenvalue weighted by Gasteiger charge is -2.00. The van der Waals surface area contributed by atoms with Crippen molar-refractivity contribution in [2.45, 2.75) is 20.4 Å². The number of esters is 2. The Labute approximate surface area is 137 Å². The number of ketones is 1. The van der Waals surface area contributed by atoms with Crippen molar-refractivity contribution in [2.24, 2.45) is 0 Å². The summed E-state index contributed by atoms with van der Waals surface area (Å²) in [5.74, 6) is -1.98. The zero-order valence-corrected chi connectivity index (χ0v) is 13.6. The van der Waals surface area contributed by atoms with Crippen molar-refractivity contribution in [3.63, 3.8) is 0 Å². The van der Waals surface area contributed by atoms with Crippen molar-refractivity contribution in [1.29, 1.82) is 0 Å². The van der Waals surface area contributed by atoms with Crippen LogP contribution in [0.25, 0.3) is 0 Å². The molecule has 1 N–H and O–H groups in total. The standard InChI is InChI=1S/C15H17NO6S/c1-3-21-14(19)6-7-15(20)22-9-12(18)13-5-4-11(23-13)8-16-10(2)17/h4-7H,3,8-9H2,1-2H3,(H,16,17). The molecule has 1 aromatic heterocycles. The van der Waals surface area contributed by atoms with E-state index in [0.717, 1.165) is 17.0 Å². The van der Waals surface area contributed by atoms with Crippen LogP contribution in [0.15, 0.2) is 24.3 Å². The van der Waals surface area contributed by atoms with E-state index in [2.05, 4.69) is 10.1 Å². The van der Waals surface area contributed by atoms with Crippen LogP contribution >= 0.6 is 11.3 Å². The average molecular weight is 339 g/mol. The third-order valence-corrected chi connectivity index (χ3v) is 3.56. The Hall–Kier alpha value is -2.48. The molecule has 0 aromatic carbocycles. The van der Waals surface area contributed by atoms with Crippen LogP contribution in [-0.4, -0.2) is 36.8 Å². The second-order valence-electron chi connectivity index (χ2n) is 4.29. The van der Waals surface area contributed by atoms with E-state index in [1.54, 1.807) is 19.1 Å². The van der Waals surface area contributed by atoms with Gasteiger partial charge in [-0.3, -0.25) is 9.59 Å². The van der Waals surface area contributed by atoms with Crippen molar-refractivity contribution in [3.8, 4) is 0 Å². The Bertz CT molecular complexity index is 619. The third-order valence-electron chi connectivity index (χ3n) is 2.44. The van der Waals surface area contributed by atoms with Crippen LogP contribution in [0.2, 0.25) is 0 Å². The maximum atomic E-state index is 11.9. The van der Waals surface area contributed by atoms with Crippen molar-refractivity contribution in [1.82, 2.24) is 5.32 Å². The lowest BCUT2D eigenvalue weighted by Crippen LogP contribution is -2.18. The number of ether oxygens (including phenoxy) is 2. The van der Waals surface area contributed by atoms with E-state index >= 15 is 0 Å². The second-order valence-corrected chi connectivity index (χ2v) is 5.46. The van der Waals surface area contributed by atoms with Crippen molar-refractivity contribution in [2.75, 3.05) is 13.2 Å². The zero-order valence-electron chi connectivity index (χ0n) is 12.8. The van der Waals surface area contributed by atoms with Gasteiger partial charge in [-0.05, 0) is 19.1 Å². The van der Waals surface area contributed by atoms with Gasteiger partial charge in [0.1, 0.15) is 0 Å². The lowest BCUT2D eigenvalue weighted by molar-refractivity contribution is -0.139. The summed E-state index contributed by atoms with van der Waals surface area (Å²) in [5.41, 5.74) is 0. The van der Waals surface area contributed by atoms with Gasteiger partial charge in [-0.25, -0.2) is 9.59 Å². The molecule has 1 heterocycles. The van der Waals surface area contributed by atoms with E-state index in [1.165, 1.54) is 18.3 Å². The molecule has 0 fully saturated rings. The zero-order chi connectivity index (χ0) is 17.2. The van der Waals surface area contributed by atoms with E-state index < -0.39 is 18.5 Å². The normalized spacial score (nSPS) is 10.3. The molecule has 0 bridgehead atoms. The Kier molecular flexibility index (Phi) is 7.69. The molecule has 0 saturated heterocycles. The summed E-state index contributed by atoms with van der Waals surface area (Å²) in [7, 11) is 0. The smallest absolute Gasteiger partial charge is 0.331 e. The lowest BCUT2D eigenvalue weighted by atomic mass is 10.3. The first-order valence-corrected chi connectivity index (χ1v) is 7.62. The molecule has 0 saturated carbocycles. The molecule has 124 valence electrons. The number of carbonyl (C=O) groups is 4. The Morgan fingerprint density at radius 3 is 2.39 bits per heavy atom. The number of Topliss-reactive ketones (excluding diaryl/α,β-unsaturated/α-hetero) is 1. The van der Waals surface area contributed by atoms with Gasteiger partial charge in [0.15, 0.2) is 6.61 Å². The monoisotopic (exact) mass is 339 g/mol. The fourth-order valence-corrected chi connectivity index (χ4v) is 2.29. The predicted octanol–water partition coefficient (Wildman–Crippen LogP) is 1.23. The molecule has 0 unspecified atom stereocenters. The molecule has 0 aliphatic rings. The summed E-state index contributed by atoms with van der Waals surface area (Å²) < 4.78 is 9.35. The predicted molar refractivity (Wildman–Crippen MR) is 82.9 cm³/mol. The number of thiophene rings is 1. The van der Waals surface area contributed by atoms with Crippen LogP contribution < -0.4 is 5.32 Å². The van der Waals surface area contributed by atoms with Gasteiger partial charge in [0.05, 0.1) is 18.0 Å². The molecule has 23 heavy (non-hydrogen) atoms. The van der Waals surface area contributed by atoms with Gasteiger partial charge >= 0.3 is 11.9 Å². The second kappa shape index (κ2) is 9.52. The summed E-state index contributed by atoms with van der Waals surface area (Å²) in [4.78, 5) is 46.3. The van der Waals surface area contributed by atoms with E-state index in [-0.39, 0.29) is 18.3 Å². The molecule has 1 aromatic rings. The topological polar surface area (TPSA) is 98.8 Å². The Morgan fingerprint density at radius 1 is 1.13 bits per heavy atom. The maximum Gasteiger partial charge on any atom is 0.331 e. The molecule has 1 rings (SSSR count). The molecule has 7 nitrogen and oxygen atoms in total. The van der Waals surface area contributed by atoms with Crippen molar-refractivity contribution < 1.29 is 28.7 Å². The highest BCUT2D eigenvalue weighted by Gasteiger charge is 2.12. The molecule has 0 aliphatic heterocycles. The fraction of sp³-hybridized carbons (Fsp3) is 0.333. The SMILES string of the molecule is CCOC(=O)C=CC(=O)OCC(=O)c1ccc(CNC(C)=O)s1. The minimum atomic E-state index is -0.804. The Balaban J connectivity index is 2.43. The van der Waals surface area contributed by atoms with Crippen molar-refractivity contribution >= 4 is 35.0 Å². The molecule has 8 heteroatoms. The number of carbonyl (C=O) groups excluding carboxylic acids is 4. The number of nitrogens with one attached hydrogen (secondary N) is 1. The van der Waals surface area contributed by atoms with Crippen LogP contribution in [0.3, 0.4) is 0 Å². The van der Waals surface area contributed by atoms with Gasteiger partial charge < -0.3 is 14.8 Å². The minimum Gasteiger partial charge on any atom is -0.463 e. The van der Waals surface area contributed by atoms with Gasteiger partial charge in [-0.1, -0.05) is 0 Å². The van der Waals surface area contributed by atoms with Crippen LogP contribution in [-0.2, 0) is 30.4 Å². The minimum absolute atomic E-state index is 0.159. The Morgan fingerprint density at radius 2 is 1.78 bits per heavy atom. The number of hydrogen-bond acceptors (Lipinski definition) is 7. The van der Waals surface area contributed by atoms with E-state index in [1.807, 2.05) is 0 Å². The highest BCUT2D eigenvalue weighted by Crippen LogP contribution is 2.17. The first-order valence-electron chi connectivity index (χ1n) is 6.80. The summed E-state index contributed by atoms with van der Waals surface area (Å²) in [5, 5.41) is 2.62. The summed E-state index contributed by atoms with van der Waals surface area (Å²) >= 11 is 1.21. The van der Waals surface area contributed by atoms with Crippen molar-refractivity contribution in [3.05, 3.63) is 34.0 Å². The highest BCUT2D eigenvalue weighted by molar-refractivity contribution is 7.14. The number of amides is 1. The van der Waals surface area contributed by atoms with Crippen LogP contribution in [0, 0.1) is 0 Å². The van der Waals surface area contributed by atoms with Crippen LogP contribution in [0.5, 0.6) is 0 Å². The molecule has 0 radical (unpaired) electrons. The van der Waals surface area contributed by atoms with Crippen LogP contribution in [0.1, 0.15) is 28.4 Å². The third kappa shape index (κ3) is 7.37. The summed E-state index contributed by atoms with van der Waals surface area (Å²) in [6.07, 6.45) is 1.84. The first-order chi connectivity index (χ1) is 10.9. The largest absolute Gasteiger partial charge is 0.463 e. The molecule has 0 aliphatic carbocycles. The summed E-state index contributed by atoms with van der Waals surface area (Å²) in [6, 6.07) is 3.32. The van der Waals surface area contributed by atoms with Gasteiger partial charge in [0.2, 0.25) is 11.7 Å². The number of rotatable bonds is 8. The molecular weight excluding hydrogens is 322 g/mol.